The van der Waals surface area contributed by atoms with E-state index >= 15 is 0 Å². The molecule has 0 saturated carbocycles. The lowest BCUT2D eigenvalue weighted by Gasteiger charge is -2.21. The predicted molar refractivity (Wildman–Crippen MR) is 79.5 cm³/mol. The highest BCUT2D eigenvalue weighted by molar-refractivity contribution is 6.01. The summed E-state index contributed by atoms with van der Waals surface area (Å²) in [6.07, 6.45) is -3.93. The Morgan fingerprint density at radius 2 is 1.40 bits per heavy atom. The lowest BCUT2D eigenvalue weighted by molar-refractivity contribution is -0.206. The molecule has 140 valence electrons. The van der Waals surface area contributed by atoms with Gasteiger partial charge in [-0.05, 0) is 34.6 Å². The van der Waals surface area contributed by atoms with Gasteiger partial charge >= 0.3 is 18.1 Å². The number of carbonyl (C=O) groups is 5. The molecule has 0 bridgehead atoms. The highest BCUT2D eigenvalue weighted by Gasteiger charge is 2.35. The Balaban J connectivity index is 2.49. The van der Waals surface area contributed by atoms with Crippen LogP contribution < -0.4 is 0 Å². The molecule has 0 aromatic rings. The van der Waals surface area contributed by atoms with Gasteiger partial charge in [0.1, 0.15) is 5.60 Å². The molecule has 0 radical (unpaired) electrons. The van der Waals surface area contributed by atoms with Crippen LogP contribution in [0.1, 0.15) is 47.5 Å². The number of hydrogen-bond acceptors (Lipinski definition) is 9. The summed E-state index contributed by atoms with van der Waals surface area (Å²) in [7, 11) is 0. The number of hydroxylamine groups is 2. The first-order valence-electron chi connectivity index (χ1n) is 7.58. The molecule has 1 saturated heterocycles. The molecule has 10 nitrogen and oxygen atoms in total. The average Bonchev–Trinajstić information content (AvgIpc) is 2.76. The summed E-state index contributed by atoms with van der Waals surface area (Å²) in [5, 5.41) is 0.341. The number of imide groups is 1. The first-order chi connectivity index (χ1) is 11.4. The standard InChI is InChI=1S/C15H21NO9/c1-8(23-14(21)24-15(3,4)5)12(19)22-9(2)13(20)25-16-10(17)6-7-11(16)18/h8-9H,6-7H2,1-5H3. The van der Waals surface area contributed by atoms with E-state index in [-0.39, 0.29) is 12.8 Å². The number of nitrogens with zero attached hydrogens (tertiary/aromatic N) is 1. The number of amides is 2. The normalized spacial score (nSPS) is 16.9. The topological polar surface area (TPSA) is 126 Å². The first kappa shape index (κ1) is 20.4. The molecule has 10 heteroatoms. The van der Waals surface area contributed by atoms with Crippen molar-refractivity contribution in [3.8, 4) is 0 Å². The van der Waals surface area contributed by atoms with Crippen LogP contribution in [0.5, 0.6) is 0 Å². The van der Waals surface area contributed by atoms with E-state index in [2.05, 4.69) is 4.84 Å². The zero-order valence-corrected chi connectivity index (χ0v) is 14.7. The van der Waals surface area contributed by atoms with Crippen molar-refractivity contribution in [1.29, 1.82) is 0 Å². The fourth-order valence-corrected chi connectivity index (χ4v) is 1.61. The van der Waals surface area contributed by atoms with Crippen LogP contribution in [-0.4, -0.2) is 52.8 Å². The number of rotatable bonds is 5. The molecule has 1 rings (SSSR count). The maximum absolute atomic E-state index is 11.8. The van der Waals surface area contributed by atoms with Gasteiger partial charge in [0.25, 0.3) is 11.8 Å². The second-order valence-corrected chi connectivity index (χ2v) is 6.30. The van der Waals surface area contributed by atoms with E-state index in [0.717, 1.165) is 0 Å². The lowest BCUT2D eigenvalue weighted by Crippen LogP contribution is -2.39. The summed E-state index contributed by atoms with van der Waals surface area (Å²) in [4.78, 5) is 62.4. The van der Waals surface area contributed by atoms with Crippen LogP contribution in [0.4, 0.5) is 4.79 Å². The zero-order chi connectivity index (χ0) is 19.4. The fourth-order valence-electron chi connectivity index (χ4n) is 1.61. The fraction of sp³-hybridized carbons (Fsp3) is 0.667. The molecule has 1 aliphatic heterocycles. The van der Waals surface area contributed by atoms with Gasteiger partial charge in [-0.25, -0.2) is 14.4 Å². The molecule has 25 heavy (non-hydrogen) atoms. The van der Waals surface area contributed by atoms with Gasteiger partial charge in [0, 0.05) is 12.8 Å². The van der Waals surface area contributed by atoms with Crippen molar-refractivity contribution in [3.63, 3.8) is 0 Å². The van der Waals surface area contributed by atoms with Crippen LogP contribution in [0.3, 0.4) is 0 Å². The van der Waals surface area contributed by atoms with Gasteiger partial charge in [-0.1, -0.05) is 0 Å². The van der Waals surface area contributed by atoms with Gasteiger partial charge in [-0.3, -0.25) is 9.59 Å². The van der Waals surface area contributed by atoms with Gasteiger partial charge in [0.15, 0.2) is 12.2 Å². The molecule has 0 aromatic carbocycles. The molecule has 0 aliphatic carbocycles. The smallest absolute Gasteiger partial charge is 0.448 e. The van der Waals surface area contributed by atoms with Gasteiger partial charge < -0.3 is 19.0 Å². The summed E-state index contributed by atoms with van der Waals surface area (Å²) in [6, 6.07) is 0. The highest BCUT2D eigenvalue weighted by Crippen LogP contribution is 2.14. The van der Waals surface area contributed by atoms with Crippen LogP contribution in [-0.2, 0) is 38.2 Å². The second-order valence-electron chi connectivity index (χ2n) is 6.30. The Kier molecular flexibility index (Phi) is 6.49. The highest BCUT2D eigenvalue weighted by atomic mass is 16.8. The minimum Gasteiger partial charge on any atom is -0.448 e. The van der Waals surface area contributed by atoms with Crippen LogP contribution in [0.25, 0.3) is 0 Å². The molecule has 1 aliphatic rings. The zero-order valence-electron chi connectivity index (χ0n) is 14.7. The second kappa shape index (κ2) is 7.95. The minimum absolute atomic E-state index is 0.0545. The van der Waals surface area contributed by atoms with E-state index < -0.39 is 47.7 Å². The van der Waals surface area contributed by atoms with Crippen molar-refractivity contribution in [2.75, 3.05) is 0 Å². The Labute approximate surface area is 144 Å². The SMILES string of the molecule is CC(OC(=O)OC(C)(C)C)C(=O)OC(C)C(=O)ON1C(=O)CCC1=O. The van der Waals surface area contributed by atoms with Crippen molar-refractivity contribution in [3.05, 3.63) is 0 Å². The van der Waals surface area contributed by atoms with Crippen LogP contribution in [0.15, 0.2) is 0 Å². The largest absolute Gasteiger partial charge is 0.509 e. The monoisotopic (exact) mass is 359 g/mol. The molecule has 0 N–H and O–H groups in total. The van der Waals surface area contributed by atoms with Gasteiger partial charge in [0.2, 0.25) is 0 Å². The third-order valence-corrected chi connectivity index (χ3v) is 2.81. The van der Waals surface area contributed by atoms with Gasteiger partial charge in [-0.2, -0.15) is 0 Å². The Bertz CT molecular complexity index is 562. The quantitative estimate of drug-likeness (QED) is 0.519. The maximum Gasteiger partial charge on any atom is 0.509 e. The molecule has 2 amide bonds. The molecule has 2 unspecified atom stereocenters. The maximum atomic E-state index is 11.8. The van der Waals surface area contributed by atoms with Crippen LogP contribution >= 0.6 is 0 Å². The van der Waals surface area contributed by atoms with Crippen molar-refractivity contribution in [2.24, 2.45) is 0 Å². The lowest BCUT2D eigenvalue weighted by atomic mass is 10.2. The minimum atomic E-state index is -1.42. The Hall–Kier alpha value is -2.65. The predicted octanol–water partition coefficient (Wildman–Crippen LogP) is 0.865. The van der Waals surface area contributed by atoms with E-state index in [1.165, 1.54) is 13.8 Å². The molecule has 2 atom stereocenters. The summed E-state index contributed by atoms with van der Waals surface area (Å²) in [5.41, 5.74) is -0.799. The number of ether oxygens (including phenoxy) is 3. The number of esters is 1. The van der Waals surface area contributed by atoms with E-state index in [4.69, 9.17) is 14.2 Å². The summed E-state index contributed by atoms with van der Waals surface area (Å²) < 4.78 is 14.4. The van der Waals surface area contributed by atoms with E-state index in [1.807, 2.05) is 0 Å². The first-order valence-corrected chi connectivity index (χ1v) is 7.58. The van der Waals surface area contributed by atoms with Crippen molar-refractivity contribution < 1.29 is 43.0 Å². The van der Waals surface area contributed by atoms with E-state index in [0.29, 0.717) is 5.06 Å². The summed E-state index contributed by atoms with van der Waals surface area (Å²) in [5.74, 6) is -3.44. The van der Waals surface area contributed by atoms with E-state index in [1.54, 1.807) is 20.8 Å². The van der Waals surface area contributed by atoms with Crippen molar-refractivity contribution in [1.82, 2.24) is 5.06 Å². The van der Waals surface area contributed by atoms with Crippen molar-refractivity contribution in [2.45, 2.75) is 65.3 Å². The molecule has 1 heterocycles. The molecular weight excluding hydrogens is 338 g/mol. The Morgan fingerprint density at radius 3 is 1.88 bits per heavy atom. The van der Waals surface area contributed by atoms with E-state index in [9.17, 15) is 24.0 Å². The average molecular weight is 359 g/mol. The summed E-state index contributed by atoms with van der Waals surface area (Å²) in [6.45, 7) is 7.28. The molecular formula is C15H21NO9. The molecule has 0 spiro atoms. The Morgan fingerprint density at radius 1 is 0.920 bits per heavy atom. The third kappa shape index (κ3) is 6.40. The van der Waals surface area contributed by atoms with Crippen LogP contribution in [0.2, 0.25) is 0 Å². The third-order valence-electron chi connectivity index (χ3n) is 2.81. The van der Waals surface area contributed by atoms with Gasteiger partial charge in [-0.15, -0.1) is 5.06 Å². The van der Waals surface area contributed by atoms with Crippen LogP contribution in [0, 0.1) is 0 Å². The number of carbonyl (C=O) groups excluding carboxylic acids is 5. The summed E-state index contributed by atoms with van der Waals surface area (Å²) >= 11 is 0. The molecule has 1 fully saturated rings. The van der Waals surface area contributed by atoms with Crippen molar-refractivity contribution >= 4 is 29.9 Å². The molecule has 0 aromatic heterocycles. The van der Waals surface area contributed by atoms with Gasteiger partial charge in [0.05, 0.1) is 0 Å². The number of hydrogen-bond donors (Lipinski definition) is 0.